The van der Waals surface area contributed by atoms with Crippen molar-refractivity contribution in [1.82, 2.24) is 15.0 Å². The van der Waals surface area contributed by atoms with Gasteiger partial charge in [0, 0.05) is 31.3 Å². The molecule has 3 heterocycles. The first-order valence-electron chi connectivity index (χ1n) is 5.69. The Hall–Kier alpha value is -1.88. The van der Waals surface area contributed by atoms with Crippen molar-refractivity contribution in [3.05, 3.63) is 40.9 Å². The zero-order valence-corrected chi connectivity index (χ0v) is 10.4. The second kappa shape index (κ2) is 4.42. The summed E-state index contributed by atoms with van der Waals surface area (Å²) in [5.74, 6) is 1.32. The van der Waals surface area contributed by atoms with Gasteiger partial charge < -0.3 is 10.6 Å². The minimum absolute atomic E-state index is 0.539. The second-order valence-electron chi connectivity index (χ2n) is 4.16. The van der Waals surface area contributed by atoms with Gasteiger partial charge in [-0.1, -0.05) is 11.6 Å². The molecule has 1 aliphatic heterocycles. The van der Waals surface area contributed by atoms with Gasteiger partial charge in [0.1, 0.15) is 18.0 Å². The Kier molecular flexibility index (Phi) is 2.76. The van der Waals surface area contributed by atoms with Crippen LogP contribution in [-0.2, 0) is 13.0 Å². The Bertz CT molecular complexity index is 586. The van der Waals surface area contributed by atoms with Crippen LogP contribution in [0.25, 0.3) is 0 Å². The summed E-state index contributed by atoms with van der Waals surface area (Å²) in [5.41, 5.74) is 7.89. The largest absolute Gasteiger partial charge is 0.383 e. The van der Waals surface area contributed by atoms with Crippen molar-refractivity contribution in [1.29, 1.82) is 0 Å². The quantitative estimate of drug-likeness (QED) is 0.846. The number of anilines is 2. The fraction of sp³-hybridized carbons (Fsp3) is 0.250. The van der Waals surface area contributed by atoms with E-state index < -0.39 is 0 Å². The van der Waals surface area contributed by atoms with E-state index in [0.717, 1.165) is 30.0 Å². The Labute approximate surface area is 110 Å². The highest BCUT2D eigenvalue weighted by molar-refractivity contribution is 6.32. The maximum atomic E-state index is 6.16. The average Bonchev–Trinajstić information content (AvgIpc) is 2.40. The number of rotatable bonds is 1. The Morgan fingerprint density at radius 1 is 1.28 bits per heavy atom. The predicted octanol–water partition coefficient (Wildman–Crippen LogP) is 1.67. The lowest BCUT2D eigenvalue weighted by atomic mass is 10.1. The van der Waals surface area contributed by atoms with Crippen LogP contribution in [-0.4, -0.2) is 21.5 Å². The van der Waals surface area contributed by atoms with Crippen molar-refractivity contribution in [2.45, 2.75) is 13.0 Å². The van der Waals surface area contributed by atoms with Crippen LogP contribution in [0.5, 0.6) is 0 Å². The first-order valence-corrected chi connectivity index (χ1v) is 6.07. The summed E-state index contributed by atoms with van der Waals surface area (Å²) in [6.07, 6.45) is 4.08. The molecular weight excluding hydrogens is 250 g/mol. The molecular formula is C12H12ClN5. The van der Waals surface area contributed by atoms with E-state index in [9.17, 15) is 0 Å². The van der Waals surface area contributed by atoms with E-state index >= 15 is 0 Å². The molecule has 3 rings (SSSR count). The zero-order chi connectivity index (χ0) is 12.5. The molecule has 0 saturated carbocycles. The molecule has 18 heavy (non-hydrogen) atoms. The van der Waals surface area contributed by atoms with E-state index in [-0.39, 0.29) is 0 Å². The minimum Gasteiger partial charge on any atom is -0.383 e. The van der Waals surface area contributed by atoms with E-state index in [2.05, 4.69) is 19.9 Å². The zero-order valence-electron chi connectivity index (χ0n) is 9.67. The SMILES string of the molecule is Nc1ncnc2c1CN(c1ncccc1Cl)CC2. The van der Waals surface area contributed by atoms with Crippen molar-refractivity contribution in [3.8, 4) is 0 Å². The van der Waals surface area contributed by atoms with Crippen molar-refractivity contribution in [3.63, 3.8) is 0 Å². The van der Waals surface area contributed by atoms with E-state index in [4.69, 9.17) is 17.3 Å². The standard InChI is InChI=1S/C12H12ClN5/c13-9-2-1-4-15-12(9)18-5-3-10-8(6-18)11(14)17-7-16-10/h1-2,4,7H,3,5-6H2,(H2,14,16,17). The first-order chi connectivity index (χ1) is 8.75. The van der Waals surface area contributed by atoms with Gasteiger partial charge in [-0.25, -0.2) is 15.0 Å². The van der Waals surface area contributed by atoms with Gasteiger partial charge in [0.15, 0.2) is 0 Å². The molecule has 0 atom stereocenters. The molecule has 0 unspecified atom stereocenters. The van der Waals surface area contributed by atoms with Crippen molar-refractivity contribution >= 4 is 23.2 Å². The molecule has 6 heteroatoms. The molecule has 0 aliphatic carbocycles. The third-order valence-electron chi connectivity index (χ3n) is 3.07. The van der Waals surface area contributed by atoms with E-state index in [0.29, 0.717) is 17.4 Å². The van der Waals surface area contributed by atoms with Crippen molar-refractivity contribution < 1.29 is 0 Å². The molecule has 2 aromatic rings. The summed E-state index contributed by atoms with van der Waals surface area (Å²) in [4.78, 5) is 14.7. The molecule has 2 aromatic heterocycles. The third-order valence-corrected chi connectivity index (χ3v) is 3.37. The van der Waals surface area contributed by atoms with Crippen LogP contribution >= 0.6 is 11.6 Å². The number of fused-ring (bicyclic) bond motifs is 1. The van der Waals surface area contributed by atoms with E-state index in [1.54, 1.807) is 6.20 Å². The van der Waals surface area contributed by atoms with Crippen molar-refractivity contribution in [2.75, 3.05) is 17.2 Å². The number of hydrogen-bond donors (Lipinski definition) is 1. The van der Waals surface area contributed by atoms with E-state index in [1.165, 1.54) is 6.33 Å². The molecule has 92 valence electrons. The lowest BCUT2D eigenvalue weighted by Gasteiger charge is -2.29. The number of aromatic nitrogens is 3. The van der Waals surface area contributed by atoms with Crippen LogP contribution in [0.15, 0.2) is 24.7 Å². The van der Waals surface area contributed by atoms with Crippen LogP contribution in [0.1, 0.15) is 11.3 Å². The molecule has 0 spiro atoms. The molecule has 0 aromatic carbocycles. The fourth-order valence-corrected chi connectivity index (χ4v) is 2.39. The van der Waals surface area contributed by atoms with Gasteiger partial charge in [-0.2, -0.15) is 0 Å². The highest BCUT2D eigenvalue weighted by Gasteiger charge is 2.22. The smallest absolute Gasteiger partial charge is 0.147 e. The summed E-state index contributed by atoms with van der Waals surface area (Å²) in [5, 5.41) is 0.649. The first kappa shape index (κ1) is 11.2. The van der Waals surface area contributed by atoms with Gasteiger partial charge in [0.2, 0.25) is 0 Å². The number of pyridine rings is 1. The average molecular weight is 262 g/mol. The predicted molar refractivity (Wildman–Crippen MR) is 70.4 cm³/mol. The molecule has 0 saturated heterocycles. The van der Waals surface area contributed by atoms with Crippen molar-refractivity contribution in [2.24, 2.45) is 0 Å². The summed E-state index contributed by atoms with van der Waals surface area (Å²) in [7, 11) is 0. The van der Waals surface area contributed by atoms with Gasteiger partial charge in [-0.05, 0) is 12.1 Å². The topological polar surface area (TPSA) is 67.9 Å². The summed E-state index contributed by atoms with van der Waals surface area (Å²) < 4.78 is 0. The monoisotopic (exact) mass is 261 g/mol. The number of halogens is 1. The molecule has 0 bridgehead atoms. The highest BCUT2D eigenvalue weighted by atomic mass is 35.5. The van der Waals surface area contributed by atoms with Crippen LogP contribution in [0.2, 0.25) is 5.02 Å². The van der Waals surface area contributed by atoms with Gasteiger partial charge in [-0.3, -0.25) is 0 Å². The Morgan fingerprint density at radius 2 is 2.17 bits per heavy atom. The maximum Gasteiger partial charge on any atom is 0.147 e. The third kappa shape index (κ3) is 1.86. The number of nitrogens with zero attached hydrogens (tertiary/aromatic N) is 4. The summed E-state index contributed by atoms with van der Waals surface area (Å²) >= 11 is 6.16. The normalized spacial score (nSPS) is 14.4. The summed E-state index contributed by atoms with van der Waals surface area (Å²) in [6.45, 7) is 1.49. The molecule has 2 N–H and O–H groups in total. The van der Waals surface area contributed by atoms with Crippen LogP contribution in [0, 0.1) is 0 Å². The maximum absolute atomic E-state index is 6.16. The van der Waals surface area contributed by atoms with Crippen LogP contribution in [0.4, 0.5) is 11.6 Å². The van der Waals surface area contributed by atoms with Gasteiger partial charge >= 0.3 is 0 Å². The molecule has 0 radical (unpaired) electrons. The summed E-state index contributed by atoms with van der Waals surface area (Å²) in [6, 6.07) is 3.66. The number of hydrogen-bond acceptors (Lipinski definition) is 5. The Morgan fingerprint density at radius 3 is 3.00 bits per heavy atom. The molecule has 1 aliphatic rings. The highest BCUT2D eigenvalue weighted by Crippen LogP contribution is 2.28. The number of nitrogens with two attached hydrogens (primary N) is 1. The Balaban J connectivity index is 1.96. The fourth-order valence-electron chi connectivity index (χ4n) is 2.15. The second-order valence-corrected chi connectivity index (χ2v) is 4.57. The van der Waals surface area contributed by atoms with Gasteiger partial charge in [0.25, 0.3) is 0 Å². The van der Waals surface area contributed by atoms with Gasteiger partial charge in [-0.15, -0.1) is 0 Å². The molecule has 0 fully saturated rings. The van der Waals surface area contributed by atoms with Gasteiger partial charge in [0.05, 0.1) is 10.7 Å². The lowest BCUT2D eigenvalue weighted by Crippen LogP contribution is -2.32. The molecule has 5 nitrogen and oxygen atoms in total. The number of nitrogen functional groups attached to an aromatic ring is 1. The minimum atomic E-state index is 0.539. The molecule has 0 amide bonds. The van der Waals surface area contributed by atoms with E-state index in [1.807, 2.05) is 12.1 Å². The van der Waals surface area contributed by atoms with Crippen LogP contribution < -0.4 is 10.6 Å². The lowest BCUT2D eigenvalue weighted by molar-refractivity contribution is 0.699. The van der Waals surface area contributed by atoms with Crippen LogP contribution in [0.3, 0.4) is 0 Å².